The van der Waals surface area contributed by atoms with Crippen molar-refractivity contribution in [3.63, 3.8) is 0 Å². The van der Waals surface area contributed by atoms with Crippen LogP contribution in [0.5, 0.6) is 0 Å². The molecule has 0 fully saturated rings. The number of rotatable bonds is 6. The van der Waals surface area contributed by atoms with Crippen molar-refractivity contribution in [2.45, 2.75) is 31.7 Å². The Morgan fingerprint density at radius 3 is 2.62 bits per heavy atom. The molecule has 0 bridgehead atoms. The molecule has 2 aromatic rings. The highest BCUT2D eigenvalue weighted by Crippen LogP contribution is 2.50. The van der Waals surface area contributed by atoms with Crippen molar-refractivity contribution in [3.8, 4) is 0 Å². The van der Waals surface area contributed by atoms with Crippen LogP contribution in [0.2, 0.25) is 5.02 Å². The second-order valence-electron chi connectivity index (χ2n) is 6.70. The molecule has 0 saturated carbocycles. The lowest BCUT2D eigenvalue weighted by Crippen LogP contribution is -2.48. The number of halogens is 1. The molecule has 1 heterocycles. The molecular weight excluding hydrogens is 432 g/mol. The normalized spacial score (nSPS) is 21.9. The van der Waals surface area contributed by atoms with Crippen LogP contribution in [0.4, 0.5) is 5.69 Å². The van der Waals surface area contributed by atoms with E-state index < -0.39 is 17.4 Å². The molecule has 1 aromatic heterocycles. The van der Waals surface area contributed by atoms with Crippen LogP contribution in [0.15, 0.2) is 52.3 Å². The van der Waals surface area contributed by atoms with Crippen LogP contribution >= 0.6 is 34.7 Å². The first-order valence-electron chi connectivity index (χ1n) is 8.94. The number of ketones is 1. The average Bonchev–Trinajstić information content (AvgIpc) is 3.20. The van der Waals surface area contributed by atoms with Crippen molar-refractivity contribution in [1.29, 1.82) is 0 Å². The van der Waals surface area contributed by atoms with Crippen LogP contribution in [0, 0.1) is 10.1 Å². The summed E-state index contributed by atoms with van der Waals surface area (Å²) in [7, 11) is 0. The molecule has 0 radical (unpaired) electrons. The van der Waals surface area contributed by atoms with Gasteiger partial charge in [0.15, 0.2) is 5.78 Å². The zero-order valence-corrected chi connectivity index (χ0v) is 18.2. The quantitative estimate of drug-likeness (QED) is 0.374. The summed E-state index contributed by atoms with van der Waals surface area (Å²) in [5.41, 5.74) is -1.23. The molecule has 3 rings (SSSR count). The monoisotopic (exact) mass is 450 g/mol. The third-order valence-corrected chi connectivity index (χ3v) is 7.35. The van der Waals surface area contributed by atoms with E-state index in [1.165, 1.54) is 30.0 Å². The first kappa shape index (κ1) is 21.5. The molecule has 0 saturated heterocycles. The summed E-state index contributed by atoms with van der Waals surface area (Å²) in [4.78, 5) is 38.9. The van der Waals surface area contributed by atoms with Gasteiger partial charge in [-0.05, 0) is 41.5 Å². The largest absolute Gasteiger partial charge is 0.322 e. The molecule has 2 atom stereocenters. The summed E-state index contributed by atoms with van der Waals surface area (Å²) in [6.07, 6.45) is -0.0882. The van der Waals surface area contributed by atoms with E-state index in [1.807, 2.05) is 18.4 Å². The number of anilines is 1. The van der Waals surface area contributed by atoms with Gasteiger partial charge in [0.2, 0.25) is 0 Å². The van der Waals surface area contributed by atoms with Crippen LogP contribution in [0.25, 0.3) is 0 Å². The van der Waals surface area contributed by atoms with E-state index in [2.05, 4.69) is 5.32 Å². The number of hydrogen-bond donors (Lipinski definition) is 1. The van der Waals surface area contributed by atoms with Crippen molar-refractivity contribution in [1.82, 2.24) is 0 Å². The number of nitrogens with one attached hydrogen (secondary N) is 1. The number of thioether (sulfide) groups is 1. The van der Waals surface area contributed by atoms with E-state index in [0.29, 0.717) is 16.5 Å². The maximum atomic E-state index is 13.0. The Kier molecular flexibility index (Phi) is 6.45. The molecular formula is C20H19ClN2O4S2. The third-order valence-electron chi connectivity index (χ3n) is 4.92. The SMILES string of the molecule is CCSC1=C(C(=O)Nc2ccc(Cl)cc2)C(=O)CC(c2cccs2)C1(C)[N+](=O)[O-]. The van der Waals surface area contributed by atoms with Gasteiger partial charge >= 0.3 is 0 Å². The summed E-state index contributed by atoms with van der Waals surface area (Å²) in [5.74, 6) is -1.14. The highest BCUT2D eigenvalue weighted by molar-refractivity contribution is 8.03. The Bertz CT molecular complexity index is 973. The molecule has 2 unspecified atom stereocenters. The molecule has 1 N–H and O–H groups in total. The number of carbonyl (C=O) groups is 2. The lowest BCUT2D eigenvalue weighted by Gasteiger charge is -2.35. The summed E-state index contributed by atoms with van der Waals surface area (Å²) in [5, 5.41) is 17.3. The summed E-state index contributed by atoms with van der Waals surface area (Å²) in [6, 6.07) is 10.1. The van der Waals surface area contributed by atoms with Gasteiger partial charge in [-0.15, -0.1) is 23.1 Å². The molecule has 1 amide bonds. The summed E-state index contributed by atoms with van der Waals surface area (Å²) in [6.45, 7) is 3.35. The molecule has 29 heavy (non-hydrogen) atoms. The standard InChI is InChI=1S/C20H19ClN2O4S2/c1-3-28-18-17(19(25)22-13-8-6-12(21)7-9-13)15(24)11-14(16-5-4-10-29-16)20(18,2)23(26)27/h4-10,14H,3,11H2,1-2H3,(H,22,25). The van der Waals surface area contributed by atoms with Gasteiger partial charge < -0.3 is 5.32 Å². The van der Waals surface area contributed by atoms with E-state index in [1.54, 1.807) is 30.3 Å². The van der Waals surface area contributed by atoms with Crippen LogP contribution in [0.1, 0.15) is 31.1 Å². The third kappa shape index (κ3) is 4.10. The Labute approximate surface area is 181 Å². The van der Waals surface area contributed by atoms with Gasteiger partial charge in [-0.2, -0.15) is 0 Å². The molecule has 0 spiro atoms. The number of Topliss-reactive ketones (excluding diaryl/α,β-unsaturated/α-hetero) is 1. The number of amides is 1. The van der Waals surface area contributed by atoms with E-state index in [-0.39, 0.29) is 27.6 Å². The van der Waals surface area contributed by atoms with Crippen molar-refractivity contribution < 1.29 is 14.5 Å². The number of nitro groups is 1. The van der Waals surface area contributed by atoms with E-state index >= 15 is 0 Å². The number of benzene rings is 1. The second kappa shape index (κ2) is 8.69. The van der Waals surface area contributed by atoms with Crippen LogP contribution in [-0.4, -0.2) is 27.9 Å². The Morgan fingerprint density at radius 1 is 1.38 bits per heavy atom. The van der Waals surface area contributed by atoms with E-state index in [0.717, 1.165) is 4.88 Å². The second-order valence-corrected chi connectivity index (χ2v) is 9.39. The maximum absolute atomic E-state index is 13.0. The van der Waals surface area contributed by atoms with Gasteiger partial charge in [0, 0.05) is 33.9 Å². The predicted molar refractivity (Wildman–Crippen MR) is 117 cm³/mol. The number of nitrogens with zero attached hydrogens (tertiary/aromatic N) is 1. The minimum Gasteiger partial charge on any atom is -0.322 e. The smallest absolute Gasteiger partial charge is 0.260 e. The molecule has 1 aliphatic rings. The summed E-state index contributed by atoms with van der Waals surface area (Å²) < 4.78 is 0. The van der Waals surface area contributed by atoms with E-state index in [9.17, 15) is 19.7 Å². The minimum atomic E-state index is -1.56. The highest BCUT2D eigenvalue weighted by Gasteiger charge is 2.57. The molecule has 152 valence electrons. The summed E-state index contributed by atoms with van der Waals surface area (Å²) >= 11 is 8.43. The Balaban J connectivity index is 2.09. The van der Waals surface area contributed by atoms with Crippen LogP contribution < -0.4 is 5.32 Å². The predicted octanol–water partition coefficient (Wildman–Crippen LogP) is 5.14. The van der Waals surface area contributed by atoms with Gasteiger partial charge in [0.25, 0.3) is 11.4 Å². The lowest BCUT2D eigenvalue weighted by molar-refractivity contribution is -0.556. The highest BCUT2D eigenvalue weighted by atomic mass is 35.5. The Morgan fingerprint density at radius 2 is 2.07 bits per heavy atom. The zero-order valence-electron chi connectivity index (χ0n) is 15.8. The van der Waals surface area contributed by atoms with Crippen LogP contribution in [-0.2, 0) is 9.59 Å². The fourth-order valence-electron chi connectivity index (χ4n) is 3.42. The molecule has 1 aromatic carbocycles. The maximum Gasteiger partial charge on any atom is 0.260 e. The lowest BCUT2D eigenvalue weighted by atomic mass is 9.74. The Hall–Kier alpha value is -2.16. The van der Waals surface area contributed by atoms with Crippen LogP contribution in [0.3, 0.4) is 0 Å². The van der Waals surface area contributed by atoms with Gasteiger partial charge in [0.1, 0.15) is 0 Å². The minimum absolute atomic E-state index is 0.0882. The van der Waals surface area contributed by atoms with Crippen molar-refractivity contribution in [3.05, 3.63) is 72.3 Å². The van der Waals surface area contributed by atoms with Crippen molar-refractivity contribution in [2.24, 2.45) is 0 Å². The van der Waals surface area contributed by atoms with Gasteiger partial charge in [0.05, 0.1) is 16.4 Å². The van der Waals surface area contributed by atoms with Gasteiger partial charge in [-0.3, -0.25) is 19.7 Å². The fraction of sp³-hybridized carbons (Fsp3) is 0.300. The number of carbonyl (C=O) groups excluding carboxylic acids is 2. The molecule has 9 heteroatoms. The zero-order chi connectivity index (χ0) is 21.2. The average molecular weight is 451 g/mol. The first-order chi connectivity index (χ1) is 13.8. The van der Waals surface area contributed by atoms with Crippen molar-refractivity contribution >= 4 is 52.1 Å². The molecule has 0 aliphatic heterocycles. The number of hydrogen-bond acceptors (Lipinski definition) is 6. The first-order valence-corrected chi connectivity index (χ1v) is 11.2. The number of thiophene rings is 1. The topological polar surface area (TPSA) is 89.3 Å². The van der Waals surface area contributed by atoms with E-state index in [4.69, 9.17) is 11.6 Å². The fourth-order valence-corrected chi connectivity index (χ4v) is 5.64. The molecule has 6 nitrogen and oxygen atoms in total. The van der Waals surface area contributed by atoms with Crippen molar-refractivity contribution in [2.75, 3.05) is 11.1 Å². The molecule has 1 aliphatic carbocycles. The van der Waals surface area contributed by atoms with Gasteiger partial charge in [-0.25, -0.2) is 0 Å². The van der Waals surface area contributed by atoms with Gasteiger partial charge in [-0.1, -0.05) is 24.6 Å².